The maximum Gasteiger partial charge on any atom is 0.186 e. The molecule has 0 spiro atoms. The number of thiazole rings is 1. The lowest BCUT2D eigenvalue weighted by atomic mass is 9.97. The Bertz CT molecular complexity index is 848. The fourth-order valence-electron chi connectivity index (χ4n) is 4.08. The highest BCUT2D eigenvalue weighted by atomic mass is 32.1. The van der Waals surface area contributed by atoms with E-state index in [4.69, 9.17) is 4.98 Å². The van der Waals surface area contributed by atoms with Crippen molar-refractivity contribution in [3.05, 3.63) is 72.8 Å². The predicted molar refractivity (Wildman–Crippen MR) is 117 cm³/mol. The van der Waals surface area contributed by atoms with Gasteiger partial charge in [-0.1, -0.05) is 59.9 Å². The van der Waals surface area contributed by atoms with Crippen molar-refractivity contribution in [1.82, 2.24) is 9.88 Å². The summed E-state index contributed by atoms with van der Waals surface area (Å²) in [6, 6.07) is 20.3. The molecule has 1 aliphatic heterocycles. The molecule has 2 aromatic carbocycles. The summed E-state index contributed by atoms with van der Waals surface area (Å²) < 4.78 is 1.27. The van der Waals surface area contributed by atoms with Crippen molar-refractivity contribution < 1.29 is 0 Å². The van der Waals surface area contributed by atoms with E-state index >= 15 is 0 Å². The standard InChI is InChI=1S/C23H27N3S/c1-3-9-21(18-10-5-4-6-11-18)26-16-14-19(15-17-26)25(2)23-24-20-12-7-8-13-22(20)27-23/h3-8,10-13,19,21H,1,9,14-17H2,2H3. The summed E-state index contributed by atoms with van der Waals surface area (Å²) in [5.41, 5.74) is 2.51. The van der Waals surface area contributed by atoms with Crippen LogP contribution in [0.15, 0.2) is 67.3 Å². The highest BCUT2D eigenvalue weighted by molar-refractivity contribution is 7.22. The number of piperidine rings is 1. The van der Waals surface area contributed by atoms with Crippen LogP contribution in [0.1, 0.15) is 30.9 Å². The van der Waals surface area contributed by atoms with Crippen LogP contribution in [0, 0.1) is 0 Å². The van der Waals surface area contributed by atoms with Crippen LogP contribution in [0.3, 0.4) is 0 Å². The molecule has 0 saturated carbocycles. The van der Waals surface area contributed by atoms with Crippen molar-refractivity contribution in [2.45, 2.75) is 31.3 Å². The summed E-state index contributed by atoms with van der Waals surface area (Å²) in [5, 5.41) is 1.14. The number of anilines is 1. The summed E-state index contributed by atoms with van der Waals surface area (Å²) in [6.45, 7) is 6.22. The quantitative estimate of drug-likeness (QED) is 0.528. The maximum absolute atomic E-state index is 4.84. The number of aromatic nitrogens is 1. The van der Waals surface area contributed by atoms with Gasteiger partial charge in [0.1, 0.15) is 0 Å². The molecule has 1 unspecified atom stereocenters. The van der Waals surface area contributed by atoms with Crippen LogP contribution in [0.25, 0.3) is 10.2 Å². The van der Waals surface area contributed by atoms with E-state index < -0.39 is 0 Å². The molecule has 1 fully saturated rings. The Balaban J connectivity index is 1.43. The molecule has 1 aromatic heterocycles. The first-order valence-electron chi connectivity index (χ1n) is 9.74. The summed E-state index contributed by atoms with van der Waals surface area (Å²) in [7, 11) is 2.20. The molecule has 1 atom stereocenters. The van der Waals surface area contributed by atoms with E-state index in [0.717, 1.165) is 30.2 Å². The van der Waals surface area contributed by atoms with Gasteiger partial charge in [-0.2, -0.15) is 0 Å². The van der Waals surface area contributed by atoms with Crippen LogP contribution >= 0.6 is 11.3 Å². The second-order valence-electron chi connectivity index (χ2n) is 7.29. The van der Waals surface area contributed by atoms with Crippen LogP contribution in [0.2, 0.25) is 0 Å². The van der Waals surface area contributed by atoms with Crippen LogP contribution in [-0.4, -0.2) is 36.1 Å². The van der Waals surface area contributed by atoms with Crippen LogP contribution in [0.4, 0.5) is 5.13 Å². The van der Waals surface area contributed by atoms with E-state index in [-0.39, 0.29) is 0 Å². The van der Waals surface area contributed by atoms with Crippen molar-refractivity contribution >= 4 is 26.7 Å². The zero-order valence-corrected chi connectivity index (χ0v) is 16.7. The van der Waals surface area contributed by atoms with Gasteiger partial charge in [0, 0.05) is 32.2 Å². The molecule has 2 heterocycles. The fourth-order valence-corrected chi connectivity index (χ4v) is 5.08. The largest absolute Gasteiger partial charge is 0.348 e. The van der Waals surface area contributed by atoms with E-state index in [1.807, 2.05) is 0 Å². The minimum Gasteiger partial charge on any atom is -0.348 e. The third-order valence-corrected chi connectivity index (χ3v) is 6.77. The molecule has 0 radical (unpaired) electrons. The zero-order valence-electron chi connectivity index (χ0n) is 15.9. The molecule has 4 heteroatoms. The molecule has 4 rings (SSSR count). The molecule has 27 heavy (non-hydrogen) atoms. The number of fused-ring (bicyclic) bond motifs is 1. The normalized spacial score (nSPS) is 17.1. The van der Waals surface area contributed by atoms with Gasteiger partial charge in [-0.25, -0.2) is 4.98 Å². The summed E-state index contributed by atoms with van der Waals surface area (Å²) in [4.78, 5) is 9.86. The average Bonchev–Trinajstić information content (AvgIpc) is 3.16. The molecule has 3 aromatic rings. The third-order valence-electron chi connectivity index (χ3n) is 5.65. The van der Waals surface area contributed by atoms with E-state index in [1.165, 1.54) is 23.1 Å². The Morgan fingerprint density at radius 3 is 2.56 bits per heavy atom. The predicted octanol–water partition coefficient (Wildman–Crippen LogP) is 5.51. The van der Waals surface area contributed by atoms with Gasteiger partial charge in [0.2, 0.25) is 0 Å². The lowest BCUT2D eigenvalue weighted by Gasteiger charge is -2.40. The second-order valence-corrected chi connectivity index (χ2v) is 8.30. The van der Waals surface area contributed by atoms with Gasteiger partial charge in [0.05, 0.1) is 10.2 Å². The first-order valence-corrected chi connectivity index (χ1v) is 10.6. The first kappa shape index (κ1) is 18.2. The number of hydrogen-bond donors (Lipinski definition) is 0. The number of nitrogens with zero attached hydrogens (tertiary/aromatic N) is 3. The number of para-hydroxylation sites is 1. The highest BCUT2D eigenvalue weighted by Gasteiger charge is 2.28. The van der Waals surface area contributed by atoms with Gasteiger partial charge < -0.3 is 4.90 Å². The van der Waals surface area contributed by atoms with Crippen molar-refractivity contribution in [2.75, 3.05) is 25.0 Å². The Morgan fingerprint density at radius 2 is 1.85 bits per heavy atom. The molecule has 0 aliphatic carbocycles. The van der Waals surface area contributed by atoms with Crippen molar-refractivity contribution in [3.63, 3.8) is 0 Å². The van der Waals surface area contributed by atoms with E-state index in [2.05, 4.69) is 84.1 Å². The number of benzene rings is 2. The second kappa shape index (κ2) is 8.24. The van der Waals surface area contributed by atoms with Gasteiger partial charge in [0.15, 0.2) is 5.13 Å². The summed E-state index contributed by atoms with van der Waals surface area (Å²) >= 11 is 1.80. The van der Waals surface area contributed by atoms with Crippen LogP contribution < -0.4 is 4.90 Å². The average molecular weight is 378 g/mol. The highest BCUT2D eigenvalue weighted by Crippen LogP contribution is 2.33. The number of hydrogen-bond acceptors (Lipinski definition) is 4. The monoisotopic (exact) mass is 377 g/mol. The van der Waals surface area contributed by atoms with Gasteiger partial charge in [0.25, 0.3) is 0 Å². The van der Waals surface area contributed by atoms with Crippen molar-refractivity contribution in [2.24, 2.45) is 0 Å². The molecule has 0 N–H and O–H groups in total. The topological polar surface area (TPSA) is 19.4 Å². The van der Waals surface area contributed by atoms with Gasteiger partial charge >= 0.3 is 0 Å². The lowest BCUT2D eigenvalue weighted by Crippen LogP contribution is -2.44. The molecule has 0 bridgehead atoms. The Morgan fingerprint density at radius 1 is 1.15 bits per heavy atom. The molecular formula is C23H27N3S. The minimum absolute atomic E-state index is 0.442. The molecule has 1 saturated heterocycles. The van der Waals surface area contributed by atoms with Gasteiger partial charge in [-0.3, -0.25) is 4.90 Å². The SMILES string of the molecule is C=CCC(c1ccccc1)N1CCC(N(C)c2nc3ccccc3s2)CC1. The van der Waals surface area contributed by atoms with Crippen LogP contribution in [0.5, 0.6) is 0 Å². The summed E-state index contributed by atoms with van der Waals surface area (Å²) in [5.74, 6) is 0. The van der Waals surface area contributed by atoms with Gasteiger partial charge in [-0.05, 0) is 37.0 Å². The maximum atomic E-state index is 4.84. The fraction of sp³-hybridized carbons (Fsp3) is 0.348. The van der Waals surface area contributed by atoms with Crippen molar-refractivity contribution in [1.29, 1.82) is 0 Å². The van der Waals surface area contributed by atoms with E-state index in [9.17, 15) is 0 Å². The molecule has 1 aliphatic rings. The molecule has 0 amide bonds. The molecular weight excluding hydrogens is 350 g/mol. The van der Waals surface area contributed by atoms with Crippen LogP contribution in [-0.2, 0) is 0 Å². The van der Waals surface area contributed by atoms with E-state index in [0.29, 0.717) is 12.1 Å². The smallest absolute Gasteiger partial charge is 0.186 e. The number of rotatable bonds is 6. The minimum atomic E-state index is 0.442. The first-order chi connectivity index (χ1) is 13.3. The number of likely N-dealkylation sites (tertiary alicyclic amines) is 1. The van der Waals surface area contributed by atoms with Gasteiger partial charge in [-0.15, -0.1) is 6.58 Å². The Kier molecular flexibility index (Phi) is 5.55. The molecule has 140 valence electrons. The molecule has 3 nitrogen and oxygen atoms in total. The lowest BCUT2D eigenvalue weighted by molar-refractivity contribution is 0.152. The third kappa shape index (κ3) is 3.92. The Labute approximate surface area is 166 Å². The summed E-state index contributed by atoms with van der Waals surface area (Å²) in [6.07, 6.45) is 5.40. The van der Waals surface area contributed by atoms with Crippen molar-refractivity contribution in [3.8, 4) is 0 Å². The van der Waals surface area contributed by atoms with E-state index in [1.54, 1.807) is 11.3 Å². The zero-order chi connectivity index (χ0) is 18.6. The Hall–Kier alpha value is -2.17.